The summed E-state index contributed by atoms with van der Waals surface area (Å²) in [6.45, 7) is 12.1. The highest BCUT2D eigenvalue weighted by molar-refractivity contribution is 9.09. The SMILES string of the molecule is COc1cc2cc(c1Cl)N(C)C(=O)C[C@H](OC(=O)[C@H](C)N(C)C(=O)c1ccc(NC(=O)[C@H](CCCNC(N)O)NC(=O)[C@@H](NC(C=O)CCCCOC(=O)C(CBr)CBr)C(C)C)c(N3CCOCC3)c1)[C@]1(C)O[C@H]1[C@H](C)[C@@H]1C[C@@](O)(NC(=O)O1)[C@H](OC)/C=C/C=C(\C)C2. The van der Waals surface area contributed by atoms with Gasteiger partial charge in [-0.2, -0.15) is 0 Å². The van der Waals surface area contributed by atoms with Gasteiger partial charge < -0.3 is 73.5 Å². The average Bonchev–Trinajstić information content (AvgIpc) is 1.58. The number of esters is 2. The predicted molar refractivity (Wildman–Crippen MR) is 355 cm³/mol. The van der Waals surface area contributed by atoms with Gasteiger partial charge in [-0.05, 0) is 108 Å². The summed E-state index contributed by atoms with van der Waals surface area (Å²) in [7, 11) is 5.82. The number of hydrogen-bond acceptors (Lipinski definition) is 21. The standard InChI is InChI=1S/C64H92Br2ClN9O17/c1-36(2)54(70-43(35-77)16-11-12-24-90-60(83)42(33-65)34-66)57(80)72-45(17-14-21-69-61(68)84)56(79)71-44-20-19-41(30-46(44)76-22-25-89-26-23-76)58(81)74(7)39(5)59(82)92-51-31-52(78)75(8)47-28-40(29-48(87-9)53(47)67)27-37(3)15-13-18-50(88-10)64(86)32-49(91-62(85)73-64)38(4)55-63(51,6)93-55/h13,15,18-20,28-30,35-36,38-39,42-43,45,49-51,54-55,61,69-70,84,86H,11-12,14,16-17,21-27,31-34,68H2,1-10H3,(H,71,79)(H,72,80)(H,73,85)/b18-13+,37-15+/t38-,39+,43?,45+,49+,50-,51+,54+,55+,61?,63+,64+/m1/s1. The maximum atomic E-state index is 14.7. The van der Waals surface area contributed by atoms with Crippen molar-refractivity contribution in [2.75, 3.05) is 93.5 Å². The zero-order valence-electron chi connectivity index (χ0n) is 54.5. The van der Waals surface area contributed by atoms with Crippen molar-refractivity contribution in [3.05, 3.63) is 70.3 Å². The van der Waals surface area contributed by atoms with Crippen LogP contribution in [-0.4, -0.2) is 208 Å². The summed E-state index contributed by atoms with van der Waals surface area (Å²) in [4.78, 5) is 115. The van der Waals surface area contributed by atoms with Crippen molar-refractivity contribution in [1.82, 2.24) is 26.2 Å². The maximum absolute atomic E-state index is 14.7. The van der Waals surface area contributed by atoms with Crippen LogP contribution in [0.3, 0.4) is 0 Å². The molecule has 0 saturated carbocycles. The number of nitrogens with zero attached hydrogens (tertiary/aromatic N) is 3. The van der Waals surface area contributed by atoms with Gasteiger partial charge >= 0.3 is 18.0 Å². The van der Waals surface area contributed by atoms with Crippen molar-refractivity contribution in [2.45, 2.75) is 159 Å². The Morgan fingerprint density at radius 2 is 1.71 bits per heavy atom. The van der Waals surface area contributed by atoms with Gasteiger partial charge in [0.05, 0.1) is 74.5 Å². The third-order valence-corrected chi connectivity index (χ3v) is 19.3. The zero-order valence-corrected chi connectivity index (χ0v) is 58.4. The summed E-state index contributed by atoms with van der Waals surface area (Å²) in [6, 6.07) is 4.05. The van der Waals surface area contributed by atoms with Gasteiger partial charge in [-0.1, -0.05) is 88.0 Å². The molecule has 0 radical (unpaired) electrons. The first-order valence-corrected chi connectivity index (χ1v) is 33.9. The molecule has 0 spiro atoms. The lowest BCUT2D eigenvalue weighted by atomic mass is 9.83. The van der Waals surface area contributed by atoms with Crippen LogP contribution in [0, 0.1) is 17.8 Å². The van der Waals surface area contributed by atoms with Crippen molar-refractivity contribution < 1.29 is 81.7 Å². The quantitative estimate of drug-likeness (QED) is 0.0106. The molecule has 4 bridgehead atoms. The molecular weight excluding hydrogens is 1360 g/mol. The highest BCUT2D eigenvalue weighted by atomic mass is 79.9. The molecule has 93 heavy (non-hydrogen) atoms. The van der Waals surface area contributed by atoms with Crippen LogP contribution in [0.2, 0.25) is 5.02 Å². The molecule has 4 aliphatic heterocycles. The number of ether oxygens (including phenoxy) is 7. The van der Waals surface area contributed by atoms with E-state index in [-0.39, 0.29) is 60.8 Å². The molecule has 3 fully saturated rings. The van der Waals surface area contributed by atoms with E-state index in [1.165, 1.54) is 51.1 Å². The molecule has 516 valence electrons. The van der Waals surface area contributed by atoms with E-state index in [1.807, 2.05) is 17.9 Å². The number of likely N-dealkylation sites (N-methyl/N-ethyl adjacent to an activating group) is 1. The van der Waals surface area contributed by atoms with Gasteiger partial charge in [0.25, 0.3) is 5.91 Å². The molecule has 2 aromatic carbocycles. The molecule has 0 aromatic heterocycles. The molecule has 2 aromatic rings. The van der Waals surface area contributed by atoms with Crippen LogP contribution in [0.15, 0.2) is 54.1 Å². The molecule has 4 heterocycles. The summed E-state index contributed by atoms with van der Waals surface area (Å²) in [5.41, 5.74) is 5.01. The number of nitrogens with one attached hydrogen (secondary N) is 5. The second-order valence-electron chi connectivity index (χ2n) is 24.5. The van der Waals surface area contributed by atoms with Crippen LogP contribution >= 0.6 is 43.5 Å². The number of hydrogen-bond donors (Lipinski definition) is 8. The Kier molecular flexibility index (Phi) is 28.9. The van der Waals surface area contributed by atoms with Gasteiger partial charge in [-0.25, -0.2) is 9.59 Å². The van der Waals surface area contributed by atoms with Crippen LogP contribution in [0.5, 0.6) is 5.75 Å². The number of amides is 5. The lowest BCUT2D eigenvalue weighted by molar-refractivity contribution is -0.158. The molecule has 5 amide bonds. The van der Waals surface area contributed by atoms with E-state index in [0.717, 1.165) is 17.4 Å². The van der Waals surface area contributed by atoms with E-state index in [0.29, 0.717) is 85.5 Å². The zero-order chi connectivity index (χ0) is 68.5. The second-order valence-corrected chi connectivity index (χ2v) is 26.2. The molecule has 26 nitrogen and oxygen atoms in total. The third-order valence-electron chi connectivity index (χ3n) is 17.3. The molecule has 6 rings (SSSR count). The summed E-state index contributed by atoms with van der Waals surface area (Å²) in [5, 5.41) is 37.0. The van der Waals surface area contributed by atoms with Crippen LogP contribution < -0.4 is 46.9 Å². The van der Waals surface area contributed by atoms with Gasteiger partial charge in [-0.3, -0.25) is 45.7 Å². The number of epoxide rings is 1. The summed E-state index contributed by atoms with van der Waals surface area (Å²) in [5.74, 6) is -4.54. The van der Waals surface area contributed by atoms with Crippen LogP contribution in [0.4, 0.5) is 21.9 Å². The molecule has 4 aliphatic rings. The minimum absolute atomic E-state index is 0.0856. The number of aliphatic hydroxyl groups is 2. The highest BCUT2D eigenvalue weighted by Gasteiger charge is 2.64. The van der Waals surface area contributed by atoms with Crippen molar-refractivity contribution in [3.8, 4) is 5.75 Å². The lowest BCUT2D eigenvalue weighted by Crippen LogP contribution is -2.63. The Balaban J connectivity index is 1.24. The number of methoxy groups -OCH3 is 2. The van der Waals surface area contributed by atoms with E-state index in [4.69, 9.17) is 50.5 Å². The molecule has 2 unspecified atom stereocenters. The number of carbonyl (C=O) groups is 8. The number of aldehydes is 1. The number of unbranched alkanes of at least 4 members (excludes halogenated alkanes) is 1. The average molecular weight is 1450 g/mol. The predicted octanol–water partition coefficient (Wildman–Crippen LogP) is 4.99. The molecular formula is C64H92Br2ClN9O17. The van der Waals surface area contributed by atoms with Crippen LogP contribution in [0.25, 0.3) is 0 Å². The summed E-state index contributed by atoms with van der Waals surface area (Å²) < 4.78 is 40.9. The van der Waals surface area contributed by atoms with Gasteiger partial charge in [0, 0.05) is 62.9 Å². The van der Waals surface area contributed by atoms with Gasteiger partial charge in [-0.15, -0.1) is 0 Å². The van der Waals surface area contributed by atoms with Gasteiger partial charge in [0.1, 0.15) is 53.1 Å². The number of morpholine rings is 1. The van der Waals surface area contributed by atoms with Crippen molar-refractivity contribution in [3.63, 3.8) is 0 Å². The number of rotatable bonds is 28. The van der Waals surface area contributed by atoms with Crippen LogP contribution in [0.1, 0.15) is 102 Å². The number of benzene rings is 2. The Hall–Kier alpha value is -5.79. The number of fused-ring (bicyclic) bond motifs is 5. The van der Waals surface area contributed by atoms with Crippen molar-refractivity contribution >= 4 is 108 Å². The number of aliphatic hydroxyl groups excluding tert-OH is 1. The number of nitrogens with two attached hydrogens (primary N) is 1. The maximum Gasteiger partial charge on any atom is 0.409 e. The van der Waals surface area contributed by atoms with E-state index in [9.17, 15) is 48.6 Å². The number of alkyl carbamates (subject to hydrolysis) is 1. The topological polar surface area (TPSA) is 341 Å². The van der Waals surface area contributed by atoms with Gasteiger partial charge in [0.2, 0.25) is 17.7 Å². The largest absolute Gasteiger partial charge is 0.495 e. The molecule has 3 saturated heterocycles. The fraction of sp³-hybridized carbons (Fsp3) is 0.625. The fourth-order valence-corrected chi connectivity index (χ4v) is 13.4. The first-order chi connectivity index (χ1) is 44.1. The number of anilines is 3. The lowest BCUT2D eigenvalue weighted by Gasteiger charge is -2.42. The normalized spacial score (nSPS) is 25.1. The monoisotopic (exact) mass is 1450 g/mol. The number of carbonyl (C=O) groups excluding carboxylic acids is 8. The number of alkyl halides is 2. The molecule has 29 heteroatoms. The van der Waals surface area contributed by atoms with Crippen molar-refractivity contribution in [1.29, 1.82) is 0 Å². The Morgan fingerprint density at radius 3 is 2.35 bits per heavy atom. The van der Waals surface area contributed by atoms with Gasteiger partial charge in [0.15, 0.2) is 12.1 Å². The van der Waals surface area contributed by atoms with E-state index < -0.39 is 114 Å². The van der Waals surface area contributed by atoms with Crippen molar-refractivity contribution in [2.24, 2.45) is 23.5 Å². The minimum Gasteiger partial charge on any atom is -0.495 e. The Morgan fingerprint density at radius 1 is 1.00 bits per heavy atom. The smallest absolute Gasteiger partial charge is 0.409 e. The third kappa shape index (κ3) is 20.4. The molecule has 0 aliphatic carbocycles. The van der Waals surface area contributed by atoms with E-state index in [1.54, 1.807) is 64.1 Å². The highest BCUT2D eigenvalue weighted by Crippen LogP contribution is 2.49. The van der Waals surface area contributed by atoms with E-state index in [2.05, 4.69) is 58.4 Å². The molecule has 9 N–H and O–H groups in total. The number of halogens is 3. The number of allylic oxidation sites excluding steroid dienone is 3. The Bertz CT molecular complexity index is 3010. The first-order valence-electron chi connectivity index (χ1n) is 31.2. The summed E-state index contributed by atoms with van der Waals surface area (Å²) in [6.07, 6.45) is 1.11. The van der Waals surface area contributed by atoms with E-state index >= 15 is 0 Å². The first kappa shape index (κ1) is 76.2. The fourth-order valence-electron chi connectivity index (χ4n) is 11.4. The second kappa shape index (κ2) is 35.3. The minimum atomic E-state index is -1.92. The van der Waals surface area contributed by atoms with Crippen LogP contribution in [-0.2, 0) is 63.6 Å². The molecule has 12 atom stereocenters. The summed E-state index contributed by atoms with van der Waals surface area (Å²) >= 11 is 13.5. The Labute approximate surface area is 565 Å².